The Hall–Kier alpha value is -4.45. The van der Waals surface area contributed by atoms with Gasteiger partial charge in [-0.1, -0.05) is 54.1 Å². The second-order valence-electron chi connectivity index (χ2n) is 7.39. The molecule has 0 aliphatic heterocycles. The number of nitrogens with zero attached hydrogens (tertiary/aromatic N) is 1. The Labute approximate surface area is 191 Å². The van der Waals surface area contributed by atoms with Crippen molar-refractivity contribution < 1.29 is 19.1 Å². The minimum Gasteiger partial charge on any atom is -0.483 e. The summed E-state index contributed by atoms with van der Waals surface area (Å²) in [5.74, 6) is 0.274. The van der Waals surface area contributed by atoms with Crippen LogP contribution in [0.1, 0.15) is 21.5 Å². The van der Waals surface area contributed by atoms with Crippen LogP contribution in [-0.2, 0) is 4.79 Å². The van der Waals surface area contributed by atoms with Gasteiger partial charge in [-0.25, -0.2) is 10.2 Å². The van der Waals surface area contributed by atoms with Crippen molar-refractivity contribution in [3.05, 3.63) is 108 Å². The summed E-state index contributed by atoms with van der Waals surface area (Å²) in [6.07, 6.45) is 1.50. The van der Waals surface area contributed by atoms with Crippen LogP contribution in [0.5, 0.6) is 11.5 Å². The summed E-state index contributed by atoms with van der Waals surface area (Å²) >= 11 is 0. The molecular weight excluding hydrogens is 416 g/mol. The van der Waals surface area contributed by atoms with E-state index in [2.05, 4.69) is 10.5 Å². The van der Waals surface area contributed by atoms with Crippen molar-refractivity contribution in [3.63, 3.8) is 0 Å². The Morgan fingerprint density at radius 1 is 0.909 bits per heavy atom. The van der Waals surface area contributed by atoms with Crippen molar-refractivity contribution in [2.45, 2.75) is 6.92 Å². The van der Waals surface area contributed by atoms with Gasteiger partial charge in [-0.15, -0.1) is 0 Å². The van der Waals surface area contributed by atoms with E-state index in [0.29, 0.717) is 17.1 Å². The SMILES string of the molecule is Cc1cccc(C(=O)Oc2ccc(C=NNC(=O)COc3cccc4ccccc34)cc2)c1. The second kappa shape index (κ2) is 10.2. The van der Waals surface area contributed by atoms with E-state index in [9.17, 15) is 9.59 Å². The Morgan fingerprint density at radius 3 is 2.48 bits per heavy atom. The van der Waals surface area contributed by atoms with E-state index in [0.717, 1.165) is 21.9 Å². The van der Waals surface area contributed by atoms with E-state index in [-0.39, 0.29) is 12.5 Å². The largest absolute Gasteiger partial charge is 0.483 e. The van der Waals surface area contributed by atoms with Gasteiger partial charge in [0.2, 0.25) is 0 Å². The summed E-state index contributed by atoms with van der Waals surface area (Å²) < 4.78 is 11.0. The number of benzene rings is 4. The summed E-state index contributed by atoms with van der Waals surface area (Å²) in [4.78, 5) is 24.3. The van der Waals surface area contributed by atoms with Crippen molar-refractivity contribution in [2.24, 2.45) is 5.10 Å². The highest BCUT2D eigenvalue weighted by Gasteiger charge is 2.08. The first-order chi connectivity index (χ1) is 16.1. The fraction of sp³-hybridized carbons (Fsp3) is 0.0741. The van der Waals surface area contributed by atoms with Crippen LogP contribution in [0.4, 0.5) is 0 Å². The summed E-state index contributed by atoms with van der Waals surface area (Å²) in [5, 5.41) is 5.94. The number of carbonyl (C=O) groups excluding carboxylic acids is 2. The monoisotopic (exact) mass is 438 g/mol. The van der Waals surface area contributed by atoms with Crippen molar-refractivity contribution in [1.82, 2.24) is 5.43 Å². The lowest BCUT2D eigenvalue weighted by Gasteiger charge is -2.08. The fourth-order valence-electron chi connectivity index (χ4n) is 3.24. The minimum absolute atomic E-state index is 0.154. The molecule has 33 heavy (non-hydrogen) atoms. The number of rotatable bonds is 7. The molecule has 0 atom stereocenters. The number of carbonyl (C=O) groups is 2. The molecule has 0 spiro atoms. The van der Waals surface area contributed by atoms with E-state index < -0.39 is 5.97 Å². The third kappa shape index (κ3) is 5.83. The molecule has 1 amide bonds. The van der Waals surface area contributed by atoms with Gasteiger partial charge in [0.25, 0.3) is 5.91 Å². The van der Waals surface area contributed by atoms with Crippen molar-refractivity contribution in [2.75, 3.05) is 6.61 Å². The zero-order valence-corrected chi connectivity index (χ0v) is 18.0. The zero-order chi connectivity index (χ0) is 23.0. The molecule has 0 saturated heterocycles. The predicted octanol–water partition coefficient (Wildman–Crippen LogP) is 4.90. The van der Waals surface area contributed by atoms with Crippen LogP contribution in [0.15, 0.2) is 96.1 Å². The maximum absolute atomic E-state index is 12.2. The molecule has 0 unspecified atom stereocenters. The average molecular weight is 438 g/mol. The van der Waals surface area contributed by atoms with Gasteiger partial charge in [-0.2, -0.15) is 5.10 Å². The van der Waals surface area contributed by atoms with Crippen molar-refractivity contribution >= 4 is 28.9 Å². The van der Waals surface area contributed by atoms with Crippen LogP contribution < -0.4 is 14.9 Å². The topological polar surface area (TPSA) is 77.0 Å². The van der Waals surface area contributed by atoms with Gasteiger partial charge in [0.15, 0.2) is 6.61 Å². The van der Waals surface area contributed by atoms with Crippen LogP contribution in [0, 0.1) is 6.92 Å². The molecule has 164 valence electrons. The van der Waals surface area contributed by atoms with E-state index in [1.54, 1.807) is 36.4 Å². The van der Waals surface area contributed by atoms with Gasteiger partial charge >= 0.3 is 5.97 Å². The molecule has 6 heteroatoms. The third-order valence-corrected chi connectivity index (χ3v) is 4.86. The molecule has 1 N–H and O–H groups in total. The first kappa shape index (κ1) is 21.8. The number of hydrogen-bond acceptors (Lipinski definition) is 5. The van der Waals surface area contributed by atoms with Crippen molar-refractivity contribution in [1.29, 1.82) is 0 Å². The van der Waals surface area contributed by atoms with Gasteiger partial charge in [0.1, 0.15) is 11.5 Å². The highest BCUT2D eigenvalue weighted by atomic mass is 16.5. The van der Waals surface area contributed by atoms with Gasteiger partial charge in [-0.05, 0) is 60.3 Å². The van der Waals surface area contributed by atoms with Gasteiger partial charge in [0.05, 0.1) is 11.8 Å². The lowest BCUT2D eigenvalue weighted by molar-refractivity contribution is -0.123. The van der Waals surface area contributed by atoms with Crippen LogP contribution in [-0.4, -0.2) is 24.7 Å². The van der Waals surface area contributed by atoms with Crippen molar-refractivity contribution in [3.8, 4) is 11.5 Å². The molecule has 4 rings (SSSR count). The lowest BCUT2D eigenvalue weighted by atomic mass is 10.1. The zero-order valence-electron chi connectivity index (χ0n) is 18.0. The molecule has 0 aliphatic rings. The summed E-state index contributed by atoms with van der Waals surface area (Å²) in [7, 11) is 0. The average Bonchev–Trinajstić information content (AvgIpc) is 2.84. The summed E-state index contributed by atoms with van der Waals surface area (Å²) in [6, 6.07) is 27.5. The molecule has 0 radical (unpaired) electrons. The maximum atomic E-state index is 12.2. The number of fused-ring (bicyclic) bond motifs is 1. The molecule has 0 heterocycles. The molecule has 4 aromatic rings. The molecule has 0 saturated carbocycles. The van der Waals surface area contributed by atoms with Gasteiger partial charge in [0, 0.05) is 5.39 Å². The Balaban J connectivity index is 1.27. The number of hydrazone groups is 1. The first-order valence-electron chi connectivity index (χ1n) is 10.4. The van der Waals surface area contributed by atoms with E-state index >= 15 is 0 Å². The summed E-state index contributed by atoms with van der Waals surface area (Å²) in [5.41, 5.74) is 4.66. The van der Waals surface area contributed by atoms with E-state index in [1.165, 1.54) is 6.21 Å². The molecule has 0 fully saturated rings. The quantitative estimate of drug-likeness (QED) is 0.193. The fourth-order valence-corrected chi connectivity index (χ4v) is 3.24. The highest BCUT2D eigenvalue weighted by molar-refractivity contribution is 5.91. The Morgan fingerprint density at radius 2 is 1.67 bits per heavy atom. The van der Waals surface area contributed by atoms with Crippen LogP contribution in [0.3, 0.4) is 0 Å². The molecule has 0 bridgehead atoms. The van der Waals surface area contributed by atoms with Gasteiger partial charge < -0.3 is 9.47 Å². The van der Waals surface area contributed by atoms with Gasteiger partial charge in [-0.3, -0.25) is 4.79 Å². The Bertz CT molecular complexity index is 1310. The number of aryl methyl sites for hydroxylation is 1. The molecule has 0 aliphatic carbocycles. The molecular formula is C27H22N2O4. The number of ether oxygens (including phenoxy) is 2. The lowest BCUT2D eigenvalue weighted by Crippen LogP contribution is -2.24. The normalized spacial score (nSPS) is 10.8. The third-order valence-electron chi connectivity index (χ3n) is 4.86. The second-order valence-corrected chi connectivity index (χ2v) is 7.39. The standard InChI is InChI=1S/C27H22N2O4/c1-19-6-4-9-22(16-19)27(31)33-23-14-12-20(13-15-23)17-28-29-26(30)18-32-25-11-5-8-21-7-2-3-10-24(21)25/h2-17H,18H2,1H3,(H,29,30). The number of hydrogen-bond donors (Lipinski definition) is 1. The number of nitrogens with one attached hydrogen (secondary N) is 1. The number of amides is 1. The summed E-state index contributed by atoms with van der Waals surface area (Å²) in [6.45, 7) is 1.76. The van der Waals surface area contributed by atoms with E-state index in [4.69, 9.17) is 9.47 Å². The van der Waals surface area contributed by atoms with Crippen LogP contribution in [0.25, 0.3) is 10.8 Å². The number of esters is 1. The van der Waals surface area contributed by atoms with E-state index in [1.807, 2.05) is 61.5 Å². The smallest absolute Gasteiger partial charge is 0.343 e. The van der Waals surface area contributed by atoms with Crippen LogP contribution >= 0.6 is 0 Å². The predicted molar refractivity (Wildman–Crippen MR) is 128 cm³/mol. The first-order valence-corrected chi connectivity index (χ1v) is 10.4. The van der Waals surface area contributed by atoms with Crippen LogP contribution in [0.2, 0.25) is 0 Å². The minimum atomic E-state index is -0.418. The maximum Gasteiger partial charge on any atom is 0.343 e. The molecule has 0 aromatic heterocycles. The molecule has 6 nitrogen and oxygen atoms in total. The Kier molecular flexibility index (Phi) is 6.75. The highest BCUT2D eigenvalue weighted by Crippen LogP contribution is 2.24. The molecule has 4 aromatic carbocycles.